The second-order valence-electron chi connectivity index (χ2n) is 2.90. The summed E-state index contributed by atoms with van der Waals surface area (Å²) in [6, 6.07) is 2.16. The molecular formula is C8H12ClN3. The van der Waals surface area contributed by atoms with Crippen LogP contribution < -0.4 is 4.90 Å². The lowest BCUT2D eigenvalue weighted by Gasteiger charge is -2.21. The molecule has 66 valence electrons. The maximum absolute atomic E-state index is 5.72. The molecule has 1 heterocycles. The number of halogens is 1. The minimum absolute atomic E-state index is 0.413. The van der Waals surface area contributed by atoms with Crippen molar-refractivity contribution in [3.8, 4) is 0 Å². The predicted octanol–water partition coefficient (Wildman–Crippen LogP) is 1.97. The van der Waals surface area contributed by atoms with Crippen molar-refractivity contribution in [1.82, 2.24) is 9.97 Å². The molecule has 0 spiro atoms. The van der Waals surface area contributed by atoms with Gasteiger partial charge in [0, 0.05) is 19.2 Å². The lowest BCUT2D eigenvalue weighted by molar-refractivity contribution is 0.741. The lowest BCUT2D eigenvalue weighted by atomic mass is 10.3. The van der Waals surface area contributed by atoms with Crippen LogP contribution in [0.2, 0.25) is 5.15 Å². The van der Waals surface area contributed by atoms with Gasteiger partial charge in [0.15, 0.2) is 0 Å². The largest absolute Gasteiger partial charge is 0.357 e. The van der Waals surface area contributed by atoms with Crippen molar-refractivity contribution in [3.05, 3.63) is 17.5 Å². The Morgan fingerprint density at radius 2 is 2.08 bits per heavy atom. The molecule has 1 aromatic heterocycles. The van der Waals surface area contributed by atoms with Gasteiger partial charge in [0.1, 0.15) is 17.3 Å². The summed E-state index contributed by atoms with van der Waals surface area (Å²) < 4.78 is 0. The summed E-state index contributed by atoms with van der Waals surface area (Å²) in [6.07, 6.45) is 1.47. The van der Waals surface area contributed by atoms with Crippen LogP contribution in [0.25, 0.3) is 0 Å². The molecule has 0 radical (unpaired) electrons. The third kappa shape index (κ3) is 2.08. The molecule has 4 heteroatoms. The molecular weight excluding hydrogens is 174 g/mol. The third-order valence-corrected chi connectivity index (χ3v) is 1.96. The third-order valence-electron chi connectivity index (χ3n) is 1.76. The Hall–Kier alpha value is -0.830. The molecule has 0 aromatic carbocycles. The first kappa shape index (κ1) is 9.26. The van der Waals surface area contributed by atoms with E-state index in [1.54, 1.807) is 6.07 Å². The second-order valence-corrected chi connectivity index (χ2v) is 3.29. The Bertz CT molecular complexity index is 262. The van der Waals surface area contributed by atoms with Crippen molar-refractivity contribution in [2.24, 2.45) is 0 Å². The minimum atomic E-state index is 0.413. The van der Waals surface area contributed by atoms with E-state index in [0.29, 0.717) is 11.2 Å². The van der Waals surface area contributed by atoms with Gasteiger partial charge >= 0.3 is 0 Å². The van der Waals surface area contributed by atoms with Gasteiger partial charge in [-0.3, -0.25) is 0 Å². The number of aromatic nitrogens is 2. The molecule has 0 aliphatic carbocycles. The normalized spacial score (nSPS) is 10.4. The first-order valence-corrected chi connectivity index (χ1v) is 4.19. The summed E-state index contributed by atoms with van der Waals surface area (Å²) in [4.78, 5) is 9.94. The number of hydrogen-bond acceptors (Lipinski definition) is 3. The van der Waals surface area contributed by atoms with E-state index >= 15 is 0 Å². The van der Waals surface area contributed by atoms with E-state index in [9.17, 15) is 0 Å². The highest BCUT2D eigenvalue weighted by Crippen LogP contribution is 2.14. The van der Waals surface area contributed by atoms with Gasteiger partial charge in [-0.1, -0.05) is 11.6 Å². The molecule has 1 rings (SSSR count). The van der Waals surface area contributed by atoms with Crippen LogP contribution in [0.3, 0.4) is 0 Å². The highest BCUT2D eigenvalue weighted by atomic mass is 35.5. The van der Waals surface area contributed by atoms with Crippen molar-refractivity contribution in [1.29, 1.82) is 0 Å². The number of rotatable bonds is 2. The standard InChI is InChI=1S/C8H12ClN3/c1-6(2)12(3)8-4-7(9)10-5-11-8/h4-6H,1-3H3. The van der Waals surface area contributed by atoms with Crippen LogP contribution in [-0.2, 0) is 0 Å². The van der Waals surface area contributed by atoms with E-state index < -0.39 is 0 Å². The Morgan fingerprint density at radius 3 is 2.58 bits per heavy atom. The van der Waals surface area contributed by atoms with Crippen LogP contribution in [0.5, 0.6) is 0 Å². The van der Waals surface area contributed by atoms with E-state index in [4.69, 9.17) is 11.6 Å². The average Bonchev–Trinajstić information content (AvgIpc) is 2.03. The van der Waals surface area contributed by atoms with E-state index in [2.05, 4.69) is 23.8 Å². The molecule has 0 aliphatic rings. The Balaban J connectivity index is 2.88. The SMILES string of the molecule is CC(C)N(C)c1cc(Cl)ncn1. The molecule has 3 nitrogen and oxygen atoms in total. The fourth-order valence-electron chi connectivity index (χ4n) is 0.782. The van der Waals surface area contributed by atoms with Crippen LogP contribution >= 0.6 is 11.6 Å². The Kier molecular flexibility index (Phi) is 2.87. The molecule has 0 bridgehead atoms. The van der Waals surface area contributed by atoms with Gasteiger partial charge in [0.25, 0.3) is 0 Å². The maximum Gasteiger partial charge on any atom is 0.134 e. The second kappa shape index (κ2) is 3.72. The van der Waals surface area contributed by atoms with Gasteiger partial charge in [0.2, 0.25) is 0 Å². The lowest BCUT2D eigenvalue weighted by Crippen LogP contribution is -2.26. The van der Waals surface area contributed by atoms with E-state index in [1.165, 1.54) is 6.33 Å². The van der Waals surface area contributed by atoms with Crippen molar-refractivity contribution < 1.29 is 0 Å². The van der Waals surface area contributed by atoms with Gasteiger partial charge in [-0.15, -0.1) is 0 Å². The van der Waals surface area contributed by atoms with E-state index in [0.717, 1.165) is 5.82 Å². The predicted molar refractivity (Wildman–Crippen MR) is 50.6 cm³/mol. The topological polar surface area (TPSA) is 29.0 Å². The highest BCUT2D eigenvalue weighted by molar-refractivity contribution is 6.29. The van der Waals surface area contributed by atoms with Crippen LogP contribution in [0, 0.1) is 0 Å². The average molecular weight is 186 g/mol. The van der Waals surface area contributed by atoms with Crippen molar-refractivity contribution >= 4 is 17.4 Å². The minimum Gasteiger partial charge on any atom is -0.357 e. The fraction of sp³-hybridized carbons (Fsp3) is 0.500. The molecule has 0 unspecified atom stereocenters. The molecule has 0 aliphatic heterocycles. The zero-order valence-electron chi connectivity index (χ0n) is 7.45. The van der Waals surface area contributed by atoms with Crippen molar-refractivity contribution in [3.63, 3.8) is 0 Å². The van der Waals surface area contributed by atoms with Crippen LogP contribution in [0.4, 0.5) is 5.82 Å². The summed E-state index contributed by atoms with van der Waals surface area (Å²) in [5.74, 6) is 0.852. The number of anilines is 1. The van der Waals surface area contributed by atoms with E-state index in [-0.39, 0.29) is 0 Å². The van der Waals surface area contributed by atoms with Crippen LogP contribution in [-0.4, -0.2) is 23.1 Å². The monoisotopic (exact) mass is 185 g/mol. The molecule has 0 amide bonds. The first-order chi connectivity index (χ1) is 5.61. The van der Waals surface area contributed by atoms with Gasteiger partial charge in [-0.25, -0.2) is 9.97 Å². The number of hydrogen-bond donors (Lipinski definition) is 0. The zero-order valence-corrected chi connectivity index (χ0v) is 8.21. The van der Waals surface area contributed by atoms with Crippen molar-refractivity contribution in [2.45, 2.75) is 19.9 Å². The molecule has 0 fully saturated rings. The Labute approximate surface area is 77.4 Å². The zero-order chi connectivity index (χ0) is 9.14. The van der Waals surface area contributed by atoms with Crippen LogP contribution in [0.1, 0.15) is 13.8 Å². The maximum atomic E-state index is 5.72. The van der Waals surface area contributed by atoms with Crippen molar-refractivity contribution in [2.75, 3.05) is 11.9 Å². The Morgan fingerprint density at radius 1 is 1.42 bits per heavy atom. The van der Waals surface area contributed by atoms with E-state index in [1.807, 2.05) is 11.9 Å². The first-order valence-electron chi connectivity index (χ1n) is 3.81. The van der Waals surface area contributed by atoms with Gasteiger partial charge in [-0.2, -0.15) is 0 Å². The molecule has 0 N–H and O–H groups in total. The molecule has 0 saturated carbocycles. The quantitative estimate of drug-likeness (QED) is 0.660. The molecule has 0 saturated heterocycles. The van der Waals surface area contributed by atoms with Gasteiger partial charge in [-0.05, 0) is 13.8 Å². The fourth-order valence-corrected chi connectivity index (χ4v) is 0.923. The van der Waals surface area contributed by atoms with Crippen LogP contribution in [0.15, 0.2) is 12.4 Å². The molecule has 1 aromatic rings. The smallest absolute Gasteiger partial charge is 0.134 e. The van der Waals surface area contributed by atoms with Gasteiger partial charge in [0.05, 0.1) is 0 Å². The summed E-state index contributed by atoms with van der Waals surface area (Å²) in [5, 5.41) is 0.479. The summed E-state index contributed by atoms with van der Waals surface area (Å²) >= 11 is 5.72. The summed E-state index contributed by atoms with van der Waals surface area (Å²) in [5.41, 5.74) is 0. The summed E-state index contributed by atoms with van der Waals surface area (Å²) in [6.45, 7) is 4.19. The van der Waals surface area contributed by atoms with Gasteiger partial charge < -0.3 is 4.90 Å². The molecule has 12 heavy (non-hydrogen) atoms. The highest BCUT2D eigenvalue weighted by Gasteiger charge is 2.05. The number of nitrogens with zero attached hydrogens (tertiary/aromatic N) is 3. The summed E-state index contributed by atoms with van der Waals surface area (Å²) in [7, 11) is 1.98. The molecule has 0 atom stereocenters.